The van der Waals surface area contributed by atoms with Crippen LogP contribution in [-0.2, 0) is 0 Å². The second kappa shape index (κ2) is 6.55. The molecule has 0 aliphatic carbocycles. The van der Waals surface area contributed by atoms with Gasteiger partial charge in [0.25, 0.3) is 11.6 Å². The molecule has 0 saturated carbocycles. The summed E-state index contributed by atoms with van der Waals surface area (Å²) in [5.74, 6) is 0.989. The van der Waals surface area contributed by atoms with Crippen LogP contribution in [0.25, 0.3) is 5.65 Å². The summed E-state index contributed by atoms with van der Waals surface area (Å²) in [5.41, 5.74) is 1.10. The summed E-state index contributed by atoms with van der Waals surface area (Å²) < 4.78 is 1.99. The zero-order chi connectivity index (χ0) is 18.1. The van der Waals surface area contributed by atoms with Crippen LogP contribution in [0, 0.1) is 10.1 Å². The van der Waals surface area contributed by atoms with E-state index in [1.54, 1.807) is 17.0 Å². The maximum Gasteiger partial charge on any atom is 0.270 e. The van der Waals surface area contributed by atoms with Gasteiger partial charge >= 0.3 is 0 Å². The van der Waals surface area contributed by atoms with Gasteiger partial charge in [0, 0.05) is 42.9 Å². The van der Waals surface area contributed by atoms with E-state index in [0.717, 1.165) is 24.3 Å². The SMILES string of the molecule is O=C(c1cccc([N+](=O)[O-])c1)N1CCC(c2nnc3ccccn23)CC1. The van der Waals surface area contributed by atoms with Crippen LogP contribution in [0.1, 0.15) is 34.9 Å². The van der Waals surface area contributed by atoms with Crippen LogP contribution in [-0.4, -0.2) is 43.4 Å². The van der Waals surface area contributed by atoms with Crippen molar-refractivity contribution in [2.75, 3.05) is 13.1 Å². The van der Waals surface area contributed by atoms with Gasteiger partial charge in [0.05, 0.1) is 4.92 Å². The van der Waals surface area contributed by atoms with Crippen molar-refractivity contribution in [1.82, 2.24) is 19.5 Å². The molecule has 0 spiro atoms. The molecule has 1 aromatic carbocycles. The second-order valence-corrected chi connectivity index (χ2v) is 6.36. The minimum absolute atomic E-state index is 0.0688. The lowest BCUT2D eigenvalue weighted by atomic mass is 9.95. The molecular formula is C18H17N5O3. The topological polar surface area (TPSA) is 93.6 Å². The van der Waals surface area contributed by atoms with E-state index in [9.17, 15) is 14.9 Å². The first-order chi connectivity index (χ1) is 12.6. The van der Waals surface area contributed by atoms with E-state index < -0.39 is 4.92 Å². The first-order valence-corrected chi connectivity index (χ1v) is 8.47. The predicted octanol–water partition coefficient (Wildman–Crippen LogP) is 2.66. The molecule has 3 aromatic rings. The molecule has 0 radical (unpaired) electrons. The minimum Gasteiger partial charge on any atom is -0.339 e. The Morgan fingerprint density at radius 1 is 1.12 bits per heavy atom. The van der Waals surface area contributed by atoms with E-state index in [-0.39, 0.29) is 17.5 Å². The van der Waals surface area contributed by atoms with E-state index in [0.29, 0.717) is 18.7 Å². The molecule has 26 heavy (non-hydrogen) atoms. The Labute approximate surface area is 149 Å². The second-order valence-electron chi connectivity index (χ2n) is 6.36. The molecule has 8 heteroatoms. The van der Waals surface area contributed by atoms with Gasteiger partial charge in [-0.1, -0.05) is 12.1 Å². The Kier molecular flexibility index (Phi) is 4.08. The molecule has 132 valence electrons. The Morgan fingerprint density at radius 2 is 1.92 bits per heavy atom. The fourth-order valence-corrected chi connectivity index (χ4v) is 3.41. The lowest BCUT2D eigenvalue weighted by Gasteiger charge is -2.31. The van der Waals surface area contributed by atoms with Crippen molar-refractivity contribution in [3.05, 3.63) is 70.2 Å². The fraction of sp³-hybridized carbons (Fsp3) is 0.278. The van der Waals surface area contributed by atoms with Crippen molar-refractivity contribution in [1.29, 1.82) is 0 Å². The molecule has 1 saturated heterocycles. The highest BCUT2D eigenvalue weighted by molar-refractivity contribution is 5.94. The largest absolute Gasteiger partial charge is 0.339 e. The summed E-state index contributed by atoms with van der Waals surface area (Å²) in [4.78, 5) is 24.8. The van der Waals surface area contributed by atoms with Gasteiger partial charge in [0.2, 0.25) is 0 Å². The highest BCUT2D eigenvalue weighted by Crippen LogP contribution is 2.28. The summed E-state index contributed by atoms with van der Waals surface area (Å²) in [6.07, 6.45) is 3.53. The number of likely N-dealkylation sites (tertiary alicyclic amines) is 1. The Morgan fingerprint density at radius 3 is 2.69 bits per heavy atom. The van der Waals surface area contributed by atoms with E-state index in [1.807, 2.05) is 28.8 Å². The van der Waals surface area contributed by atoms with E-state index in [2.05, 4.69) is 10.2 Å². The number of fused-ring (bicyclic) bond motifs is 1. The fourth-order valence-electron chi connectivity index (χ4n) is 3.41. The molecule has 3 heterocycles. The number of non-ortho nitro benzene ring substituents is 1. The molecule has 1 aliphatic rings. The number of amides is 1. The van der Waals surface area contributed by atoms with Gasteiger partial charge in [-0.05, 0) is 31.0 Å². The van der Waals surface area contributed by atoms with Crippen LogP contribution >= 0.6 is 0 Å². The van der Waals surface area contributed by atoms with E-state index in [4.69, 9.17) is 0 Å². The minimum atomic E-state index is -0.487. The van der Waals surface area contributed by atoms with Gasteiger partial charge in [-0.25, -0.2) is 0 Å². The average Bonchev–Trinajstić information content (AvgIpc) is 3.12. The Bertz CT molecular complexity index is 976. The predicted molar refractivity (Wildman–Crippen MR) is 94.0 cm³/mol. The lowest BCUT2D eigenvalue weighted by Crippen LogP contribution is -2.38. The molecular weight excluding hydrogens is 334 g/mol. The maximum atomic E-state index is 12.7. The van der Waals surface area contributed by atoms with Crippen molar-refractivity contribution in [3.63, 3.8) is 0 Å². The van der Waals surface area contributed by atoms with Crippen molar-refractivity contribution < 1.29 is 9.72 Å². The first kappa shape index (κ1) is 16.2. The van der Waals surface area contributed by atoms with Crippen molar-refractivity contribution >= 4 is 17.2 Å². The zero-order valence-corrected chi connectivity index (χ0v) is 14.0. The average molecular weight is 351 g/mol. The third-order valence-electron chi connectivity index (χ3n) is 4.79. The number of hydrogen-bond acceptors (Lipinski definition) is 5. The monoisotopic (exact) mass is 351 g/mol. The number of nitro benzene ring substituents is 1. The number of pyridine rings is 1. The molecule has 0 unspecified atom stereocenters. The van der Waals surface area contributed by atoms with Crippen molar-refractivity contribution in [2.24, 2.45) is 0 Å². The standard InChI is InChI=1S/C18H17N5O3/c24-18(14-4-3-5-15(12-14)23(25)26)21-10-7-13(8-11-21)17-20-19-16-6-1-2-9-22(16)17/h1-6,9,12-13H,7-8,10-11H2. The normalized spacial score (nSPS) is 15.3. The van der Waals surface area contributed by atoms with Crippen LogP contribution < -0.4 is 0 Å². The van der Waals surface area contributed by atoms with Gasteiger partial charge in [0.1, 0.15) is 5.82 Å². The van der Waals surface area contributed by atoms with Crippen molar-refractivity contribution in [3.8, 4) is 0 Å². The summed E-state index contributed by atoms with van der Waals surface area (Å²) in [6, 6.07) is 11.7. The molecule has 1 aliphatic heterocycles. The van der Waals surface area contributed by atoms with Gasteiger partial charge < -0.3 is 4.90 Å². The molecule has 2 aromatic heterocycles. The number of benzene rings is 1. The Hall–Kier alpha value is -3.29. The summed E-state index contributed by atoms with van der Waals surface area (Å²) >= 11 is 0. The van der Waals surface area contributed by atoms with Gasteiger partial charge in [0.15, 0.2) is 5.65 Å². The summed E-state index contributed by atoms with van der Waals surface area (Å²) in [5, 5.41) is 19.4. The first-order valence-electron chi connectivity index (χ1n) is 8.47. The number of aromatic nitrogens is 3. The number of carbonyl (C=O) groups is 1. The number of nitro groups is 1. The molecule has 8 nitrogen and oxygen atoms in total. The number of nitrogens with zero attached hydrogens (tertiary/aromatic N) is 5. The molecule has 0 atom stereocenters. The zero-order valence-electron chi connectivity index (χ0n) is 14.0. The van der Waals surface area contributed by atoms with Gasteiger partial charge in [-0.15, -0.1) is 10.2 Å². The Balaban J connectivity index is 1.47. The molecule has 4 rings (SSSR count). The number of carbonyl (C=O) groups excluding carboxylic acids is 1. The van der Waals surface area contributed by atoms with Gasteiger partial charge in [-0.3, -0.25) is 19.3 Å². The smallest absolute Gasteiger partial charge is 0.270 e. The van der Waals surface area contributed by atoms with Crippen LogP contribution in [0.4, 0.5) is 5.69 Å². The van der Waals surface area contributed by atoms with E-state index in [1.165, 1.54) is 12.1 Å². The molecule has 0 N–H and O–H groups in total. The number of piperidine rings is 1. The van der Waals surface area contributed by atoms with Gasteiger partial charge in [-0.2, -0.15) is 0 Å². The number of hydrogen-bond donors (Lipinski definition) is 0. The molecule has 1 amide bonds. The van der Waals surface area contributed by atoms with Crippen molar-refractivity contribution in [2.45, 2.75) is 18.8 Å². The third-order valence-corrected chi connectivity index (χ3v) is 4.79. The van der Waals surface area contributed by atoms with Crippen LogP contribution in [0.3, 0.4) is 0 Å². The molecule has 1 fully saturated rings. The summed E-state index contributed by atoms with van der Waals surface area (Å²) in [7, 11) is 0. The maximum absolute atomic E-state index is 12.7. The third kappa shape index (κ3) is 2.90. The lowest BCUT2D eigenvalue weighted by molar-refractivity contribution is -0.384. The highest BCUT2D eigenvalue weighted by atomic mass is 16.6. The highest BCUT2D eigenvalue weighted by Gasteiger charge is 2.27. The summed E-state index contributed by atoms with van der Waals surface area (Å²) in [6.45, 7) is 1.18. The van der Waals surface area contributed by atoms with Crippen LogP contribution in [0.5, 0.6) is 0 Å². The van der Waals surface area contributed by atoms with Crippen LogP contribution in [0.15, 0.2) is 48.7 Å². The van der Waals surface area contributed by atoms with Crippen LogP contribution in [0.2, 0.25) is 0 Å². The quantitative estimate of drug-likeness (QED) is 0.534. The molecule has 0 bridgehead atoms. The number of rotatable bonds is 3. The van der Waals surface area contributed by atoms with E-state index >= 15 is 0 Å².